The highest BCUT2D eigenvalue weighted by molar-refractivity contribution is 7.97. The summed E-state index contributed by atoms with van der Waals surface area (Å²) < 4.78 is 21.5. The van der Waals surface area contributed by atoms with Crippen LogP contribution >= 0.6 is 0 Å². The molecule has 0 radical (unpaired) electrons. The van der Waals surface area contributed by atoms with Crippen molar-refractivity contribution in [3.8, 4) is 12.3 Å². The molecule has 0 N–H and O–H groups in total. The van der Waals surface area contributed by atoms with Gasteiger partial charge in [-0.2, -0.15) is 0 Å². The van der Waals surface area contributed by atoms with Crippen LogP contribution in [-0.2, 0) is 9.84 Å². The Morgan fingerprint density at radius 2 is 1.91 bits per heavy atom. The Hall–Kier alpha value is -1.21. The molecule has 1 aliphatic heterocycles. The van der Waals surface area contributed by atoms with E-state index in [2.05, 4.69) is 5.92 Å². The van der Waals surface area contributed by atoms with Crippen molar-refractivity contribution >= 4 is 9.84 Å². The fraction of sp³-hybridized carbons (Fsp3) is 0.143. The van der Waals surface area contributed by atoms with E-state index in [0.717, 1.165) is 10.8 Å². The van der Waals surface area contributed by atoms with Gasteiger partial charge in [-0.05, 0) is 0 Å². The Kier molecular flexibility index (Phi) is 2.01. The summed E-state index contributed by atoms with van der Waals surface area (Å²) in [5.41, 5.74) is 0. The third kappa shape index (κ3) is 2.13. The van der Waals surface area contributed by atoms with Gasteiger partial charge in [-0.25, -0.2) is 8.42 Å². The van der Waals surface area contributed by atoms with Gasteiger partial charge in [0.1, 0.15) is 0 Å². The predicted molar refractivity (Wildman–Crippen MR) is 42.7 cm³/mol. The lowest BCUT2D eigenvalue weighted by Crippen LogP contribution is -2.13. The second-order valence-electron chi connectivity index (χ2n) is 2.04. The summed E-state index contributed by atoms with van der Waals surface area (Å²) in [4.78, 5) is 1.61. The maximum absolute atomic E-state index is 10.7. The summed E-state index contributed by atoms with van der Waals surface area (Å²) in [6.07, 6.45) is 7.90. The van der Waals surface area contributed by atoms with E-state index in [-0.39, 0.29) is 0 Å². The zero-order valence-corrected chi connectivity index (χ0v) is 6.58. The molecule has 0 bridgehead atoms. The zero-order valence-electron chi connectivity index (χ0n) is 5.77. The van der Waals surface area contributed by atoms with Gasteiger partial charge in [0.25, 0.3) is 0 Å². The van der Waals surface area contributed by atoms with Crippen LogP contribution in [0.1, 0.15) is 0 Å². The molecule has 1 heterocycles. The molecule has 0 aliphatic carbocycles. The van der Waals surface area contributed by atoms with Gasteiger partial charge in [0.15, 0.2) is 9.84 Å². The van der Waals surface area contributed by atoms with Crippen LogP contribution in [0, 0.1) is 12.3 Å². The fourth-order valence-corrected chi connectivity index (χ4v) is 1.37. The van der Waals surface area contributed by atoms with E-state index in [1.807, 2.05) is 0 Å². The van der Waals surface area contributed by atoms with E-state index in [1.54, 1.807) is 4.90 Å². The van der Waals surface area contributed by atoms with Gasteiger partial charge in [0.05, 0.1) is 17.4 Å². The van der Waals surface area contributed by atoms with E-state index < -0.39 is 9.84 Å². The summed E-state index contributed by atoms with van der Waals surface area (Å²) >= 11 is 0. The van der Waals surface area contributed by atoms with Crippen molar-refractivity contribution in [3.05, 3.63) is 23.2 Å². The lowest BCUT2D eigenvalue weighted by molar-refractivity contribution is 0.566. The Morgan fingerprint density at radius 3 is 2.36 bits per heavy atom. The Labute approximate surface area is 65.9 Å². The van der Waals surface area contributed by atoms with Crippen molar-refractivity contribution < 1.29 is 8.42 Å². The molecule has 0 unspecified atom stereocenters. The van der Waals surface area contributed by atoms with Crippen molar-refractivity contribution in [2.75, 3.05) is 6.54 Å². The van der Waals surface area contributed by atoms with E-state index in [1.165, 1.54) is 12.4 Å². The maximum Gasteiger partial charge on any atom is 0.195 e. The van der Waals surface area contributed by atoms with Crippen LogP contribution in [0.25, 0.3) is 0 Å². The molecule has 0 spiro atoms. The number of terminal acetylenes is 1. The third-order valence-electron chi connectivity index (χ3n) is 1.16. The second kappa shape index (κ2) is 2.81. The smallest absolute Gasteiger partial charge is 0.195 e. The Bertz CT molecular complexity index is 312. The van der Waals surface area contributed by atoms with E-state index in [4.69, 9.17) is 6.42 Å². The Balaban J connectivity index is 2.75. The molecular formula is C7H7NO2S. The number of sulfone groups is 1. The average Bonchev–Trinajstić information content (AvgIpc) is 1.94. The first-order valence-corrected chi connectivity index (χ1v) is 4.56. The SMILES string of the molecule is C#CCN1C=CS(=O)(=O)C=C1. The number of hydrogen-bond donors (Lipinski definition) is 0. The topological polar surface area (TPSA) is 37.4 Å². The highest BCUT2D eigenvalue weighted by Crippen LogP contribution is 2.05. The molecular weight excluding hydrogens is 162 g/mol. The molecule has 11 heavy (non-hydrogen) atoms. The molecule has 0 aromatic carbocycles. The van der Waals surface area contributed by atoms with Crippen LogP contribution in [-0.4, -0.2) is 19.9 Å². The molecule has 0 saturated heterocycles. The van der Waals surface area contributed by atoms with Crippen LogP contribution < -0.4 is 0 Å². The summed E-state index contributed by atoms with van der Waals surface area (Å²) in [5, 5.41) is 2.23. The van der Waals surface area contributed by atoms with Crippen molar-refractivity contribution in [1.29, 1.82) is 0 Å². The number of rotatable bonds is 1. The molecule has 1 aliphatic rings. The van der Waals surface area contributed by atoms with Crippen LogP contribution in [0.15, 0.2) is 23.2 Å². The van der Waals surface area contributed by atoms with E-state index >= 15 is 0 Å². The van der Waals surface area contributed by atoms with Gasteiger partial charge in [-0.15, -0.1) is 6.42 Å². The summed E-state index contributed by atoms with van der Waals surface area (Å²) in [6.45, 7) is 0.391. The van der Waals surface area contributed by atoms with E-state index in [0.29, 0.717) is 6.54 Å². The minimum atomic E-state index is -3.11. The fourth-order valence-electron chi connectivity index (χ4n) is 0.632. The molecule has 0 aromatic heterocycles. The van der Waals surface area contributed by atoms with E-state index in [9.17, 15) is 8.42 Å². The summed E-state index contributed by atoms with van der Waals surface area (Å²) in [7, 11) is -3.11. The molecule has 0 saturated carbocycles. The highest BCUT2D eigenvalue weighted by atomic mass is 32.2. The minimum absolute atomic E-state index is 0.391. The van der Waals surface area contributed by atoms with Crippen molar-refractivity contribution in [2.45, 2.75) is 0 Å². The monoisotopic (exact) mass is 169 g/mol. The maximum atomic E-state index is 10.7. The zero-order chi connectivity index (χ0) is 8.32. The second-order valence-corrected chi connectivity index (χ2v) is 3.76. The lowest BCUT2D eigenvalue weighted by Gasteiger charge is -2.13. The molecule has 4 heteroatoms. The number of hydrogen-bond acceptors (Lipinski definition) is 3. The Morgan fingerprint density at radius 1 is 1.36 bits per heavy atom. The molecule has 0 atom stereocenters. The lowest BCUT2D eigenvalue weighted by atomic mass is 10.6. The van der Waals surface area contributed by atoms with Crippen molar-refractivity contribution in [1.82, 2.24) is 4.90 Å². The first kappa shape index (κ1) is 7.89. The van der Waals surface area contributed by atoms with Gasteiger partial charge in [0, 0.05) is 12.4 Å². The van der Waals surface area contributed by atoms with Gasteiger partial charge in [-0.3, -0.25) is 0 Å². The molecule has 3 nitrogen and oxygen atoms in total. The molecule has 58 valence electrons. The third-order valence-corrected chi connectivity index (χ3v) is 2.16. The molecule has 1 rings (SSSR count). The highest BCUT2D eigenvalue weighted by Gasteiger charge is 2.05. The largest absolute Gasteiger partial charge is 0.341 e. The van der Waals surface area contributed by atoms with Gasteiger partial charge >= 0.3 is 0 Å². The van der Waals surface area contributed by atoms with Crippen LogP contribution in [0.5, 0.6) is 0 Å². The van der Waals surface area contributed by atoms with Gasteiger partial charge in [0.2, 0.25) is 0 Å². The standard InChI is InChI=1S/C7H7NO2S/c1-2-3-8-4-6-11(9,10)7-5-8/h1,4-7H,3H2. The first-order valence-electron chi connectivity index (χ1n) is 2.95. The molecule has 0 fully saturated rings. The quantitative estimate of drug-likeness (QED) is 0.529. The van der Waals surface area contributed by atoms with Crippen LogP contribution in [0.4, 0.5) is 0 Å². The summed E-state index contributed by atoms with van der Waals surface area (Å²) in [6, 6.07) is 0. The molecule has 0 amide bonds. The van der Waals surface area contributed by atoms with Crippen molar-refractivity contribution in [2.24, 2.45) is 0 Å². The van der Waals surface area contributed by atoms with Gasteiger partial charge < -0.3 is 4.90 Å². The van der Waals surface area contributed by atoms with Crippen molar-refractivity contribution in [3.63, 3.8) is 0 Å². The average molecular weight is 169 g/mol. The molecule has 0 aromatic rings. The predicted octanol–water partition coefficient (Wildman–Crippen LogP) is 0.292. The van der Waals surface area contributed by atoms with Gasteiger partial charge in [-0.1, -0.05) is 5.92 Å². The van der Waals surface area contributed by atoms with Crippen LogP contribution in [0.2, 0.25) is 0 Å². The number of nitrogens with zero attached hydrogens (tertiary/aromatic N) is 1. The summed E-state index contributed by atoms with van der Waals surface area (Å²) in [5.74, 6) is 2.39. The first-order chi connectivity index (χ1) is 5.14. The normalized spacial score (nSPS) is 19.7. The minimum Gasteiger partial charge on any atom is -0.341 e. The van der Waals surface area contributed by atoms with Crippen LogP contribution in [0.3, 0.4) is 0 Å².